The third-order valence-electron chi connectivity index (χ3n) is 2.65. The summed E-state index contributed by atoms with van der Waals surface area (Å²) in [4.78, 5) is 16.4. The van der Waals surface area contributed by atoms with Crippen molar-refractivity contribution in [3.05, 3.63) is 28.3 Å². The second-order valence-corrected chi connectivity index (χ2v) is 4.55. The summed E-state index contributed by atoms with van der Waals surface area (Å²) in [5, 5.41) is 14.8. The summed E-state index contributed by atoms with van der Waals surface area (Å²) in [5.74, 6) is 0.387. The van der Waals surface area contributed by atoms with E-state index in [9.17, 15) is 10.1 Å². The standard InChI is InChI=1S/C12H15N5O4/c1-16(2)5-6-20-10-4-3-8(7-9(10)17(18)19)11-14-12(13)21-15-11/h3-4,7H,5-6H2,1-2H3,(H2,13,14,15). The average Bonchev–Trinajstić information content (AvgIpc) is 2.85. The van der Waals surface area contributed by atoms with Crippen LogP contribution in [0.3, 0.4) is 0 Å². The quantitative estimate of drug-likeness (QED) is 0.622. The molecule has 1 aromatic carbocycles. The lowest BCUT2D eigenvalue weighted by molar-refractivity contribution is -0.385. The molecule has 0 atom stereocenters. The lowest BCUT2D eigenvalue weighted by Gasteiger charge is -2.11. The number of nitrogen functional groups attached to an aromatic ring is 1. The zero-order valence-corrected chi connectivity index (χ0v) is 11.6. The van der Waals surface area contributed by atoms with Gasteiger partial charge in [-0.2, -0.15) is 4.98 Å². The van der Waals surface area contributed by atoms with Crippen LogP contribution in [0.2, 0.25) is 0 Å². The minimum absolute atomic E-state index is 0.0982. The first-order chi connectivity index (χ1) is 9.97. The third-order valence-corrected chi connectivity index (χ3v) is 2.65. The molecule has 0 saturated heterocycles. The Kier molecular flexibility index (Phi) is 4.33. The van der Waals surface area contributed by atoms with Crippen LogP contribution in [0.1, 0.15) is 0 Å². The van der Waals surface area contributed by atoms with Crippen molar-refractivity contribution in [2.75, 3.05) is 33.0 Å². The topological polar surface area (TPSA) is 121 Å². The van der Waals surface area contributed by atoms with Crippen LogP contribution in [0, 0.1) is 10.1 Å². The molecule has 21 heavy (non-hydrogen) atoms. The van der Waals surface area contributed by atoms with E-state index < -0.39 is 4.92 Å². The van der Waals surface area contributed by atoms with Crippen LogP contribution < -0.4 is 10.5 Å². The fraction of sp³-hybridized carbons (Fsp3) is 0.333. The summed E-state index contributed by atoms with van der Waals surface area (Å²) >= 11 is 0. The van der Waals surface area contributed by atoms with Gasteiger partial charge >= 0.3 is 11.7 Å². The monoisotopic (exact) mass is 293 g/mol. The van der Waals surface area contributed by atoms with Crippen LogP contribution in [0.15, 0.2) is 22.7 Å². The number of hydrogen-bond acceptors (Lipinski definition) is 8. The zero-order chi connectivity index (χ0) is 15.4. The van der Waals surface area contributed by atoms with E-state index in [-0.39, 0.29) is 23.3 Å². The molecule has 1 aromatic heterocycles. The van der Waals surface area contributed by atoms with E-state index in [1.165, 1.54) is 12.1 Å². The van der Waals surface area contributed by atoms with Gasteiger partial charge in [0.1, 0.15) is 6.61 Å². The summed E-state index contributed by atoms with van der Waals surface area (Å²) in [5.41, 5.74) is 5.61. The Balaban J connectivity index is 2.25. The Morgan fingerprint density at radius 1 is 1.48 bits per heavy atom. The average molecular weight is 293 g/mol. The van der Waals surface area contributed by atoms with E-state index in [1.54, 1.807) is 6.07 Å². The number of ether oxygens (including phenoxy) is 1. The Bertz CT molecular complexity index is 640. The number of benzene rings is 1. The minimum atomic E-state index is -0.516. The molecule has 9 heteroatoms. The summed E-state index contributed by atoms with van der Waals surface area (Å²) < 4.78 is 10.1. The summed E-state index contributed by atoms with van der Waals surface area (Å²) in [6.07, 6.45) is 0. The number of aromatic nitrogens is 2. The van der Waals surface area contributed by atoms with Gasteiger partial charge < -0.3 is 19.9 Å². The first-order valence-corrected chi connectivity index (χ1v) is 6.13. The highest BCUT2D eigenvalue weighted by atomic mass is 16.6. The summed E-state index contributed by atoms with van der Waals surface area (Å²) in [6.45, 7) is 1.00. The lowest BCUT2D eigenvalue weighted by atomic mass is 10.2. The van der Waals surface area contributed by atoms with E-state index >= 15 is 0 Å². The van der Waals surface area contributed by atoms with Gasteiger partial charge in [0, 0.05) is 18.2 Å². The lowest BCUT2D eigenvalue weighted by Crippen LogP contribution is -2.19. The predicted octanol–water partition coefficient (Wildman–Crippen LogP) is 1.17. The molecule has 0 aliphatic heterocycles. The van der Waals surface area contributed by atoms with Crippen molar-refractivity contribution >= 4 is 11.7 Å². The van der Waals surface area contributed by atoms with Crippen LogP contribution in [0.25, 0.3) is 11.4 Å². The van der Waals surface area contributed by atoms with Crippen LogP contribution in [0.5, 0.6) is 5.75 Å². The number of hydrogen-bond donors (Lipinski definition) is 1. The van der Waals surface area contributed by atoms with Gasteiger partial charge in [0.05, 0.1) is 4.92 Å². The van der Waals surface area contributed by atoms with Crippen molar-refractivity contribution in [2.45, 2.75) is 0 Å². The van der Waals surface area contributed by atoms with Crippen LogP contribution in [0.4, 0.5) is 11.7 Å². The fourth-order valence-electron chi connectivity index (χ4n) is 1.61. The number of nitro benzene ring substituents is 1. The molecular formula is C12H15N5O4. The largest absolute Gasteiger partial charge is 0.485 e. The van der Waals surface area contributed by atoms with E-state index in [2.05, 4.69) is 14.7 Å². The molecule has 0 amide bonds. The van der Waals surface area contributed by atoms with E-state index in [0.29, 0.717) is 18.7 Å². The number of rotatable bonds is 6. The smallest absolute Gasteiger partial charge is 0.319 e. The Morgan fingerprint density at radius 3 is 2.81 bits per heavy atom. The molecule has 0 bridgehead atoms. The van der Waals surface area contributed by atoms with Gasteiger partial charge in [-0.25, -0.2) is 0 Å². The maximum Gasteiger partial charge on any atom is 0.319 e. The minimum Gasteiger partial charge on any atom is -0.485 e. The van der Waals surface area contributed by atoms with Crippen molar-refractivity contribution in [2.24, 2.45) is 0 Å². The molecule has 0 spiro atoms. The molecule has 2 rings (SSSR count). The van der Waals surface area contributed by atoms with Gasteiger partial charge in [-0.05, 0) is 26.2 Å². The highest BCUT2D eigenvalue weighted by molar-refractivity contribution is 5.63. The van der Waals surface area contributed by atoms with E-state index in [0.717, 1.165) is 0 Å². The maximum atomic E-state index is 11.1. The molecule has 112 valence electrons. The highest BCUT2D eigenvalue weighted by Crippen LogP contribution is 2.31. The van der Waals surface area contributed by atoms with Gasteiger partial charge in [0.15, 0.2) is 5.75 Å². The van der Waals surface area contributed by atoms with Gasteiger partial charge in [-0.1, -0.05) is 5.16 Å². The van der Waals surface area contributed by atoms with Crippen LogP contribution >= 0.6 is 0 Å². The van der Waals surface area contributed by atoms with Gasteiger partial charge in [-0.15, -0.1) is 0 Å². The fourth-order valence-corrected chi connectivity index (χ4v) is 1.61. The second-order valence-electron chi connectivity index (χ2n) is 4.55. The van der Waals surface area contributed by atoms with Crippen molar-refractivity contribution < 1.29 is 14.2 Å². The van der Waals surface area contributed by atoms with Crippen molar-refractivity contribution in [3.63, 3.8) is 0 Å². The molecular weight excluding hydrogens is 278 g/mol. The maximum absolute atomic E-state index is 11.1. The number of nitrogens with two attached hydrogens (primary N) is 1. The molecule has 0 unspecified atom stereocenters. The van der Waals surface area contributed by atoms with Crippen molar-refractivity contribution in [1.82, 2.24) is 15.0 Å². The number of nitro groups is 1. The number of likely N-dealkylation sites (N-methyl/N-ethyl adjacent to an activating group) is 1. The van der Waals surface area contributed by atoms with E-state index in [4.69, 9.17) is 10.5 Å². The molecule has 0 radical (unpaired) electrons. The number of anilines is 1. The Hall–Kier alpha value is -2.68. The van der Waals surface area contributed by atoms with Crippen molar-refractivity contribution in [1.29, 1.82) is 0 Å². The summed E-state index contributed by atoms with van der Waals surface area (Å²) in [7, 11) is 3.78. The van der Waals surface area contributed by atoms with Crippen LogP contribution in [-0.2, 0) is 0 Å². The van der Waals surface area contributed by atoms with Gasteiger partial charge in [0.2, 0.25) is 5.82 Å². The van der Waals surface area contributed by atoms with Gasteiger partial charge in [0.25, 0.3) is 0 Å². The van der Waals surface area contributed by atoms with Crippen LogP contribution in [-0.4, -0.2) is 47.2 Å². The molecule has 1 heterocycles. The normalized spacial score (nSPS) is 10.8. The van der Waals surface area contributed by atoms with Gasteiger partial charge in [-0.3, -0.25) is 10.1 Å². The number of nitrogens with zero attached hydrogens (tertiary/aromatic N) is 4. The highest BCUT2D eigenvalue weighted by Gasteiger charge is 2.18. The third kappa shape index (κ3) is 3.66. The Morgan fingerprint density at radius 2 is 2.24 bits per heavy atom. The SMILES string of the molecule is CN(C)CCOc1ccc(-c2noc(N)n2)cc1[N+](=O)[O-]. The molecule has 0 saturated carbocycles. The van der Waals surface area contributed by atoms with E-state index in [1.807, 2.05) is 19.0 Å². The molecule has 0 aliphatic carbocycles. The predicted molar refractivity (Wildman–Crippen MR) is 74.8 cm³/mol. The van der Waals surface area contributed by atoms with Crippen molar-refractivity contribution in [3.8, 4) is 17.1 Å². The molecule has 2 N–H and O–H groups in total. The zero-order valence-electron chi connectivity index (χ0n) is 11.6. The first kappa shape index (κ1) is 14.7. The first-order valence-electron chi connectivity index (χ1n) is 6.13. The molecule has 0 fully saturated rings. The molecule has 0 aliphatic rings. The molecule has 9 nitrogen and oxygen atoms in total. The molecule has 2 aromatic rings. The summed E-state index contributed by atoms with van der Waals surface area (Å²) in [6, 6.07) is 4.35. The Labute approximate surface area is 120 Å². The second kappa shape index (κ2) is 6.18.